The maximum atomic E-state index is 10.9. The molecule has 2 N–H and O–H groups in total. The van der Waals surface area contributed by atoms with Crippen molar-refractivity contribution in [2.24, 2.45) is 0 Å². The van der Waals surface area contributed by atoms with Crippen LogP contribution in [0.25, 0.3) is 0 Å². The van der Waals surface area contributed by atoms with Gasteiger partial charge in [-0.2, -0.15) is 0 Å². The number of nitrogens with one attached hydrogen (secondary N) is 1. The molecule has 2 fully saturated rings. The van der Waals surface area contributed by atoms with Gasteiger partial charge >= 0.3 is 0 Å². The molecule has 1 aromatic heterocycles. The number of imidazole rings is 1. The van der Waals surface area contributed by atoms with Gasteiger partial charge in [-0.3, -0.25) is 0 Å². The second-order valence-electron chi connectivity index (χ2n) is 6.13. The van der Waals surface area contributed by atoms with E-state index in [1.54, 1.807) is 19.6 Å². The molecule has 128 valence electrons. The first-order chi connectivity index (χ1) is 11.8. The van der Waals surface area contributed by atoms with Crippen molar-refractivity contribution in [2.75, 3.05) is 13.7 Å². The molecule has 2 aromatic rings. The lowest BCUT2D eigenvalue weighted by molar-refractivity contribution is -0.165. The van der Waals surface area contributed by atoms with Gasteiger partial charge in [0.05, 0.1) is 32.2 Å². The Kier molecular flexibility index (Phi) is 4.24. The molecule has 0 aliphatic carbocycles. The number of hydrogen-bond donors (Lipinski definition) is 2. The minimum absolute atomic E-state index is 0.157. The fourth-order valence-electron chi connectivity index (χ4n) is 3.43. The molecule has 0 radical (unpaired) electrons. The number of methoxy groups -OCH3 is 1. The van der Waals surface area contributed by atoms with Gasteiger partial charge in [0.15, 0.2) is 6.29 Å². The Hall–Kier alpha value is -1.93. The summed E-state index contributed by atoms with van der Waals surface area (Å²) in [6, 6.07) is 7.33. The zero-order valence-electron chi connectivity index (χ0n) is 13.4. The number of nitrogens with zero attached hydrogens (tertiary/aromatic N) is 2. The number of aliphatic hydroxyl groups excluding tert-OH is 1. The average molecular weight is 331 g/mol. The van der Waals surface area contributed by atoms with Gasteiger partial charge in [-0.25, -0.2) is 4.98 Å². The minimum atomic E-state index is -0.629. The lowest BCUT2D eigenvalue weighted by Gasteiger charge is -2.39. The molecule has 7 nitrogen and oxygen atoms in total. The largest absolute Gasteiger partial charge is 0.497 e. The summed E-state index contributed by atoms with van der Waals surface area (Å²) in [7, 11) is 1.65. The van der Waals surface area contributed by atoms with Crippen molar-refractivity contribution in [3.05, 3.63) is 48.5 Å². The van der Waals surface area contributed by atoms with E-state index in [4.69, 9.17) is 14.2 Å². The molecular formula is C17H21N3O4. The standard InChI is InChI=1S/C17H21N3O4/c1-22-12-4-2-3-11(7-12)8-19-14-13-9-23-17(24-13)15(16(14)21)20-6-5-18-10-20/h2-7,10,13-17,19,21H,8-9H2,1H3. The maximum Gasteiger partial charge on any atom is 0.181 e. The first-order valence-electron chi connectivity index (χ1n) is 8.05. The fraction of sp³-hybridized carbons (Fsp3) is 0.471. The van der Waals surface area contributed by atoms with Gasteiger partial charge < -0.3 is 29.2 Å². The predicted octanol–water partition coefficient (Wildman–Crippen LogP) is 0.707. The number of hydrogen-bond acceptors (Lipinski definition) is 6. The fourth-order valence-corrected chi connectivity index (χ4v) is 3.43. The van der Waals surface area contributed by atoms with Crippen molar-refractivity contribution in [3.63, 3.8) is 0 Å². The van der Waals surface area contributed by atoms with Gasteiger partial charge in [-0.1, -0.05) is 12.1 Å². The van der Waals surface area contributed by atoms with Crippen molar-refractivity contribution in [1.82, 2.24) is 14.9 Å². The Balaban J connectivity index is 1.49. The third-order valence-electron chi connectivity index (χ3n) is 4.68. The number of benzene rings is 1. The number of fused-ring (bicyclic) bond motifs is 2. The SMILES string of the molecule is COc1cccc(CNC2C3COC(O3)C(n3ccnc3)C2O)c1. The van der Waals surface area contributed by atoms with Crippen LogP contribution in [0.5, 0.6) is 5.75 Å². The van der Waals surface area contributed by atoms with Crippen LogP contribution in [0.1, 0.15) is 11.6 Å². The van der Waals surface area contributed by atoms with Gasteiger partial charge in [0, 0.05) is 18.9 Å². The van der Waals surface area contributed by atoms with E-state index in [1.807, 2.05) is 35.0 Å². The van der Waals surface area contributed by atoms with E-state index in [0.29, 0.717) is 13.2 Å². The van der Waals surface area contributed by atoms with Crippen LogP contribution in [0.15, 0.2) is 43.0 Å². The van der Waals surface area contributed by atoms with Crippen molar-refractivity contribution in [2.45, 2.75) is 37.1 Å². The third kappa shape index (κ3) is 2.80. The average Bonchev–Trinajstić information content (AvgIpc) is 3.27. The topological polar surface area (TPSA) is 77.8 Å². The monoisotopic (exact) mass is 331 g/mol. The highest BCUT2D eigenvalue weighted by Gasteiger charge is 2.50. The summed E-state index contributed by atoms with van der Waals surface area (Å²) in [6.45, 7) is 1.09. The number of ether oxygens (including phenoxy) is 3. The molecule has 24 heavy (non-hydrogen) atoms. The van der Waals surface area contributed by atoms with E-state index in [1.165, 1.54) is 0 Å². The molecule has 7 heteroatoms. The molecular weight excluding hydrogens is 310 g/mol. The van der Waals surface area contributed by atoms with Gasteiger partial charge in [-0.15, -0.1) is 0 Å². The van der Waals surface area contributed by atoms with E-state index in [0.717, 1.165) is 11.3 Å². The number of aliphatic hydroxyl groups is 1. The van der Waals surface area contributed by atoms with Crippen LogP contribution in [0.2, 0.25) is 0 Å². The van der Waals surface area contributed by atoms with Crippen LogP contribution in [-0.4, -0.2) is 52.9 Å². The number of aromatic nitrogens is 2. The van der Waals surface area contributed by atoms with E-state index in [9.17, 15) is 5.11 Å². The molecule has 2 bridgehead atoms. The molecule has 0 saturated carbocycles. The van der Waals surface area contributed by atoms with Gasteiger partial charge in [-0.05, 0) is 17.7 Å². The van der Waals surface area contributed by atoms with E-state index < -0.39 is 12.4 Å². The van der Waals surface area contributed by atoms with Crippen LogP contribution in [-0.2, 0) is 16.0 Å². The molecule has 2 aliphatic heterocycles. The molecule has 1 aromatic carbocycles. The molecule has 4 rings (SSSR count). The number of rotatable bonds is 5. The van der Waals surface area contributed by atoms with Crippen LogP contribution < -0.4 is 10.1 Å². The molecule has 5 unspecified atom stereocenters. The highest BCUT2D eigenvalue weighted by atomic mass is 16.7. The smallest absolute Gasteiger partial charge is 0.181 e. The lowest BCUT2D eigenvalue weighted by atomic mass is 9.95. The molecule has 0 spiro atoms. The first-order valence-corrected chi connectivity index (χ1v) is 8.05. The predicted molar refractivity (Wildman–Crippen MR) is 85.5 cm³/mol. The highest BCUT2D eigenvalue weighted by molar-refractivity contribution is 5.28. The summed E-state index contributed by atoms with van der Waals surface area (Å²) < 4.78 is 18.7. The van der Waals surface area contributed by atoms with E-state index >= 15 is 0 Å². The molecule has 5 atom stereocenters. The maximum absolute atomic E-state index is 10.9. The third-order valence-corrected chi connectivity index (χ3v) is 4.68. The Morgan fingerprint density at radius 1 is 1.46 bits per heavy atom. The van der Waals surface area contributed by atoms with Gasteiger partial charge in [0.2, 0.25) is 0 Å². The second-order valence-corrected chi connectivity index (χ2v) is 6.13. The summed E-state index contributed by atoms with van der Waals surface area (Å²) in [4.78, 5) is 4.06. The lowest BCUT2D eigenvalue weighted by Crippen LogP contribution is -2.57. The van der Waals surface area contributed by atoms with Crippen molar-refractivity contribution < 1.29 is 19.3 Å². The Morgan fingerprint density at radius 2 is 2.38 bits per heavy atom. The van der Waals surface area contributed by atoms with Crippen molar-refractivity contribution in [1.29, 1.82) is 0 Å². The summed E-state index contributed by atoms with van der Waals surface area (Å²) in [5.74, 6) is 0.815. The van der Waals surface area contributed by atoms with Crippen LogP contribution in [0.4, 0.5) is 0 Å². The van der Waals surface area contributed by atoms with Crippen LogP contribution in [0.3, 0.4) is 0 Å². The van der Waals surface area contributed by atoms with Gasteiger partial charge in [0.1, 0.15) is 17.9 Å². The highest BCUT2D eigenvalue weighted by Crippen LogP contribution is 2.35. The van der Waals surface area contributed by atoms with Crippen LogP contribution >= 0.6 is 0 Å². The molecule has 3 heterocycles. The quantitative estimate of drug-likeness (QED) is 0.840. The van der Waals surface area contributed by atoms with E-state index in [-0.39, 0.29) is 18.2 Å². The first kappa shape index (κ1) is 15.6. The van der Waals surface area contributed by atoms with Gasteiger partial charge in [0.25, 0.3) is 0 Å². The zero-order chi connectivity index (χ0) is 16.5. The molecule has 0 amide bonds. The van der Waals surface area contributed by atoms with Crippen molar-refractivity contribution in [3.8, 4) is 5.75 Å². The summed E-state index contributed by atoms with van der Waals surface area (Å²) >= 11 is 0. The van der Waals surface area contributed by atoms with E-state index in [2.05, 4.69) is 10.3 Å². The Labute approximate surface area is 140 Å². The van der Waals surface area contributed by atoms with Crippen molar-refractivity contribution >= 4 is 0 Å². The Morgan fingerprint density at radius 3 is 3.17 bits per heavy atom. The van der Waals surface area contributed by atoms with Crippen LogP contribution in [0, 0.1) is 0 Å². The summed E-state index contributed by atoms with van der Waals surface area (Å²) in [5.41, 5.74) is 1.08. The Bertz CT molecular complexity index is 678. The molecule has 2 aliphatic rings. The summed E-state index contributed by atoms with van der Waals surface area (Å²) in [5, 5.41) is 14.3. The zero-order valence-corrected chi connectivity index (χ0v) is 13.4. The molecule has 2 saturated heterocycles. The minimum Gasteiger partial charge on any atom is -0.497 e. The summed E-state index contributed by atoms with van der Waals surface area (Å²) in [6.07, 6.45) is 3.96. The normalized spacial score (nSPS) is 32.0. The second kappa shape index (κ2) is 6.52.